The lowest BCUT2D eigenvalue weighted by molar-refractivity contribution is 0.315. The van der Waals surface area contributed by atoms with Gasteiger partial charge >= 0.3 is 0 Å². The van der Waals surface area contributed by atoms with Crippen molar-refractivity contribution in [3.8, 4) is 11.4 Å². The van der Waals surface area contributed by atoms with E-state index in [9.17, 15) is 0 Å². The first-order valence-corrected chi connectivity index (χ1v) is 7.99. The van der Waals surface area contributed by atoms with Crippen molar-refractivity contribution in [1.29, 1.82) is 0 Å². The number of aromatic nitrogens is 5. The number of pyridine rings is 1. The van der Waals surface area contributed by atoms with E-state index in [2.05, 4.69) is 36.6 Å². The van der Waals surface area contributed by atoms with Gasteiger partial charge in [-0.15, -0.1) is 0 Å². The fourth-order valence-corrected chi connectivity index (χ4v) is 2.59. The molecular weight excluding hydrogens is 316 g/mol. The third-order valence-corrected chi connectivity index (χ3v) is 3.81. The van der Waals surface area contributed by atoms with E-state index in [1.807, 2.05) is 43.5 Å². The number of nitrogens with one attached hydrogen (secondary N) is 1. The molecule has 0 aliphatic carbocycles. The van der Waals surface area contributed by atoms with Gasteiger partial charge in [0.05, 0.1) is 0 Å². The Bertz CT molecular complexity index is 999. The van der Waals surface area contributed by atoms with Crippen LogP contribution in [0.4, 0.5) is 5.82 Å². The zero-order valence-corrected chi connectivity index (χ0v) is 13.7. The standard InChI is InChI=1S/C18H16N6O/c1-12-9-17(20-8-6-13-3-2-7-19-11-13)22-18(21-12)14-4-5-15-16(10-14)24-25-23-15/h2-5,7,9-11H,6,8H2,1H3,(H,20,21,22). The molecule has 1 N–H and O–H groups in total. The second kappa shape index (κ2) is 6.64. The van der Waals surface area contributed by atoms with Crippen molar-refractivity contribution in [3.63, 3.8) is 0 Å². The summed E-state index contributed by atoms with van der Waals surface area (Å²) in [6, 6.07) is 11.6. The molecule has 0 saturated heterocycles. The number of rotatable bonds is 5. The van der Waals surface area contributed by atoms with Crippen LogP contribution in [-0.2, 0) is 6.42 Å². The minimum atomic E-state index is 0.647. The Morgan fingerprint density at radius 3 is 2.84 bits per heavy atom. The van der Waals surface area contributed by atoms with E-state index < -0.39 is 0 Å². The molecule has 3 heterocycles. The Hall–Kier alpha value is -3.35. The van der Waals surface area contributed by atoms with Crippen LogP contribution in [-0.4, -0.2) is 31.8 Å². The Morgan fingerprint density at radius 2 is 1.96 bits per heavy atom. The fourth-order valence-electron chi connectivity index (χ4n) is 2.59. The Kier molecular flexibility index (Phi) is 4.04. The Balaban J connectivity index is 1.53. The summed E-state index contributed by atoms with van der Waals surface area (Å²) in [5, 5.41) is 11.0. The van der Waals surface area contributed by atoms with Crippen LogP contribution < -0.4 is 5.32 Å². The molecule has 0 aliphatic rings. The Morgan fingerprint density at radius 1 is 1.04 bits per heavy atom. The van der Waals surface area contributed by atoms with Crippen molar-refractivity contribution in [2.45, 2.75) is 13.3 Å². The second-order valence-electron chi connectivity index (χ2n) is 5.72. The average Bonchev–Trinajstić information content (AvgIpc) is 3.10. The lowest BCUT2D eigenvalue weighted by Gasteiger charge is -2.08. The van der Waals surface area contributed by atoms with Crippen LogP contribution >= 0.6 is 0 Å². The van der Waals surface area contributed by atoms with Crippen LogP contribution in [0, 0.1) is 6.92 Å². The third kappa shape index (κ3) is 3.45. The molecule has 4 rings (SSSR count). The summed E-state index contributed by atoms with van der Waals surface area (Å²) in [6.07, 6.45) is 4.53. The first-order valence-electron chi connectivity index (χ1n) is 7.99. The van der Waals surface area contributed by atoms with Crippen LogP contribution in [0.5, 0.6) is 0 Å². The smallest absolute Gasteiger partial charge is 0.161 e. The molecule has 0 unspecified atom stereocenters. The molecule has 0 spiro atoms. The molecule has 0 atom stereocenters. The Labute approximate surface area is 144 Å². The highest BCUT2D eigenvalue weighted by atomic mass is 16.6. The van der Waals surface area contributed by atoms with Gasteiger partial charge in [-0.3, -0.25) is 4.98 Å². The molecule has 0 saturated carbocycles. The quantitative estimate of drug-likeness (QED) is 0.600. The van der Waals surface area contributed by atoms with E-state index >= 15 is 0 Å². The number of hydrogen-bond donors (Lipinski definition) is 1. The number of benzene rings is 1. The van der Waals surface area contributed by atoms with Gasteiger partial charge in [0, 0.05) is 36.3 Å². The normalized spacial score (nSPS) is 10.9. The highest BCUT2D eigenvalue weighted by molar-refractivity contribution is 5.79. The predicted octanol–water partition coefficient (Wildman–Crippen LogP) is 3.04. The maximum Gasteiger partial charge on any atom is 0.161 e. The van der Waals surface area contributed by atoms with E-state index in [-0.39, 0.29) is 0 Å². The molecule has 0 bridgehead atoms. The molecule has 0 aliphatic heterocycles. The van der Waals surface area contributed by atoms with Crippen LogP contribution in [0.25, 0.3) is 22.4 Å². The highest BCUT2D eigenvalue weighted by Gasteiger charge is 2.08. The molecule has 0 amide bonds. The summed E-state index contributed by atoms with van der Waals surface area (Å²) in [5.74, 6) is 1.44. The molecule has 7 nitrogen and oxygen atoms in total. The summed E-state index contributed by atoms with van der Waals surface area (Å²) < 4.78 is 4.74. The van der Waals surface area contributed by atoms with Crippen LogP contribution in [0.1, 0.15) is 11.3 Å². The van der Waals surface area contributed by atoms with E-state index in [0.29, 0.717) is 16.9 Å². The van der Waals surface area contributed by atoms with Gasteiger partial charge in [-0.05, 0) is 53.5 Å². The van der Waals surface area contributed by atoms with Gasteiger partial charge in [0.25, 0.3) is 0 Å². The fraction of sp³-hybridized carbons (Fsp3) is 0.167. The lowest BCUT2D eigenvalue weighted by atomic mass is 10.2. The van der Waals surface area contributed by atoms with Crippen molar-refractivity contribution < 1.29 is 4.63 Å². The first-order chi connectivity index (χ1) is 12.3. The minimum Gasteiger partial charge on any atom is -0.370 e. The van der Waals surface area contributed by atoms with Crippen molar-refractivity contribution in [1.82, 2.24) is 25.3 Å². The summed E-state index contributed by atoms with van der Waals surface area (Å²) in [7, 11) is 0. The van der Waals surface area contributed by atoms with Gasteiger partial charge in [0.15, 0.2) is 5.82 Å². The highest BCUT2D eigenvalue weighted by Crippen LogP contribution is 2.21. The molecule has 1 aromatic carbocycles. The van der Waals surface area contributed by atoms with Crippen molar-refractivity contribution in [3.05, 3.63) is 60.0 Å². The van der Waals surface area contributed by atoms with E-state index in [1.165, 1.54) is 5.56 Å². The van der Waals surface area contributed by atoms with Gasteiger partial charge in [0.2, 0.25) is 0 Å². The SMILES string of the molecule is Cc1cc(NCCc2cccnc2)nc(-c2ccc3nonc3c2)n1. The minimum absolute atomic E-state index is 0.647. The maximum atomic E-state index is 4.74. The summed E-state index contributed by atoms with van der Waals surface area (Å²) in [6.45, 7) is 2.72. The van der Waals surface area contributed by atoms with Crippen LogP contribution in [0.2, 0.25) is 0 Å². The maximum absolute atomic E-state index is 4.74. The molecule has 4 aromatic rings. The number of hydrogen-bond acceptors (Lipinski definition) is 7. The first kappa shape index (κ1) is 15.2. The molecule has 25 heavy (non-hydrogen) atoms. The van der Waals surface area contributed by atoms with E-state index in [1.54, 1.807) is 6.20 Å². The molecule has 0 radical (unpaired) electrons. The number of nitrogens with zero attached hydrogens (tertiary/aromatic N) is 5. The molecule has 0 fully saturated rings. The summed E-state index contributed by atoms with van der Waals surface area (Å²) >= 11 is 0. The van der Waals surface area contributed by atoms with Gasteiger partial charge in [-0.25, -0.2) is 14.6 Å². The zero-order chi connectivity index (χ0) is 17.1. The summed E-state index contributed by atoms with van der Waals surface area (Å²) in [5.41, 5.74) is 4.36. The zero-order valence-electron chi connectivity index (χ0n) is 13.7. The molecule has 7 heteroatoms. The average molecular weight is 332 g/mol. The van der Waals surface area contributed by atoms with Gasteiger partial charge in [0.1, 0.15) is 16.9 Å². The number of anilines is 1. The van der Waals surface area contributed by atoms with Crippen molar-refractivity contribution >= 4 is 16.9 Å². The van der Waals surface area contributed by atoms with Crippen molar-refractivity contribution in [2.24, 2.45) is 0 Å². The molecule has 3 aromatic heterocycles. The van der Waals surface area contributed by atoms with E-state index in [4.69, 9.17) is 4.63 Å². The molecule has 124 valence electrons. The number of fused-ring (bicyclic) bond motifs is 1. The monoisotopic (exact) mass is 332 g/mol. The number of aryl methyl sites for hydroxylation is 1. The predicted molar refractivity (Wildman–Crippen MR) is 94.0 cm³/mol. The topological polar surface area (TPSA) is 89.6 Å². The van der Waals surface area contributed by atoms with Gasteiger partial charge in [-0.1, -0.05) is 6.07 Å². The molecular formula is C18H16N6O. The third-order valence-electron chi connectivity index (χ3n) is 3.81. The summed E-state index contributed by atoms with van der Waals surface area (Å²) in [4.78, 5) is 13.3. The second-order valence-corrected chi connectivity index (χ2v) is 5.72. The van der Waals surface area contributed by atoms with E-state index in [0.717, 1.165) is 30.0 Å². The van der Waals surface area contributed by atoms with Crippen LogP contribution in [0.3, 0.4) is 0 Å². The lowest BCUT2D eigenvalue weighted by Crippen LogP contribution is -2.08. The van der Waals surface area contributed by atoms with Crippen LogP contribution in [0.15, 0.2) is 53.4 Å². The van der Waals surface area contributed by atoms with Crippen molar-refractivity contribution in [2.75, 3.05) is 11.9 Å². The van der Waals surface area contributed by atoms with Gasteiger partial charge in [-0.2, -0.15) is 0 Å². The van der Waals surface area contributed by atoms with Gasteiger partial charge < -0.3 is 5.32 Å². The largest absolute Gasteiger partial charge is 0.370 e.